The van der Waals surface area contributed by atoms with Crippen LogP contribution in [-0.4, -0.2) is 73.0 Å². The fraction of sp³-hybridized carbons (Fsp3) is 0.706. The van der Waals surface area contributed by atoms with Gasteiger partial charge in [0.1, 0.15) is 0 Å². The first-order valence-electron chi connectivity index (χ1n) is 8.41. The van der Waals surface area contributed by atoms with Crippen LogP contribution < -0.4 is 0 Å². The number of piperazine rings is 1. The van der Waals surface area contributed by atoms with Gasteiger partial charge in [0.15, 0.2) is 0 Å². The molecule has 3 heterocycles. The van der Waals surface area contributed by atoms with Crippen molar-refractivity contribution in [3.63, 3.8) is 0 Å². The summed E-state index contributed by atoms with van der Waals surface area (Å²) in [5.41, 5.74) is 1.11. The average Bonchev–Trinajstić information content (AvgIpc) is 2.96. The average molecular weight is 321 g/mol. The third kappa shape index (κ3) is 3.53. The molecule has 1 unspecified atom stereocenters. The van der Waals surface area contributed by atoms with E-state index in [1.807, 2.05) is 23.3 Å². The van der Waals surface area contributed by atoms with Crippen molar-refractivity contribution in [3.05, 3.63) is 21.9 Å². The number of carbonyl (C=O) groups is 1. The minimum Gasteiger partial charge on any atom is -0.335 e. The van der Waals surface area contributed by atoms with Crippen LogP contribution in [0.15, 0.2) is 11.4 Å². The molecule has 0 N–H and O–H groups in total. The van der Waals surface area contributed by atoms with Crippen LogP contribution in [0.4, 0.5) is 0 Å². The minimum atomic E-state index is 0.224. The van der Waals surface area contributed by atoms with Crippen molar-refractivity contribution in [1.82, 2.24) is 14.7 Å². The van der Waals surface area contributed by atoms with Crippen molar-refractivity contribution in [2.24, 2.45) is 0 Å². The monoisotopic (exact) mass is 321 g/mol. The summed E-state index contributed by atoms with van der Waals surface area (Å²) in [4.78, 5) is 20.5. The number of nitrogens with zero attached hydrogens (tertiary/aromatic N) is 3. The molecule has 22 heavy (non-hydrogen) atoms. The molecule has 0 radical (unpaired) electrons. The Balaban J connectivity index is 1.50. The Bertz CT molecular complexity index is 508. The van der Waals surface area contributed by atoms with Crippen molar-refractivity contribution >= 4 is 17.2 Å². The van der Waals surface area contributed by atoms with Gasteiger partial charge in [-0.3, -0.25) is 9.69 Å². The van der Waals surface area contributed by atoms with Gasteiger partial charge in [0.05, 0.1) is 4.88 Å². The number of piperidine rings is 1. The van der Waals surface area contributed by atoms with E-state index in [1.165, 1.54) is 25.8 Å². The summed E-state index contributed by atoms with van der Waals surface area (Å²) >= 11 is 1.57. The lowest BCUT2D eigenvalue weighted by Crippen LogP contribution is -2.53. The SMILES string of the molecule is Cc1ccsc1C(=O)N1CCN(CC2CCCCN2C)CC1. The molecular weight excluding hydrogens is 294 g/mol. The Kier molecular flexibility index (Phi) is 5.16. The number of hydrogen-bond acceptors (Lipinski definition) is 4. The molecule has 1 amide bonds. The van der Waals surface area contributed by atoms with Crippen molar-refractivity contribution < 1.29 is 4.79 Å². The van der Waals surface area contributed by atoms with Crippen LogP contribution >= 0.6 is 11.3 Å². The zero-order valence-electron chi connectivity index (χ0n) is 13.8. The van der Waals surface area contributed by atoms with E-state index in [1.54, 1.807) is 11.3 Å². The Morgan fingerprint density at radius 3 is 2.64 bits per heavy atom. The van der Waals surface area contributed by atoms with Crippen molar-refractivity contribution in [3.8, 4) is 0 Å². The quantitative estimate of drug-likeness (QED) is 0.855. The van der Waals surface area contributed by atoms with Crippen LogP contribution in [0.2, 0.25) is 0 Å². The number of likely N-dealkylation sites (N-methyl/N-ethyl adjacent to an activating group) is 1. The maximum absolute atomic E-state index is 12.5. The molecule has 0 aromatic carbocycles. The number of thiophene rings is 1. The molecule has 0 bridgehead atoms. The van der Waals surface area contributed by atoms with Crippen LogP contribution in [0, 0.1) is 6.92 Å². The molecule has 0 saturated carbocycles. The summed E-state index contributed by atoms with van der Waals surface area (Å²) in [6, 6.07) is 2.74. The predicted molar refractivity (Wildman–Crippen MR) is 91.7 cm³/mol. The number of carbonyl (C=O) groups excluding carboxylic acids is 1. The van der Waals surface area contributed by atoms with E-state index in [-0.39, 0.29) is 5.91 Å². The van der Waals surface area contributed by atoms with Gasteiger partial charge in [-0.2, -0.15) is 0 Å². The topological polar surface area (TPSA) is 26.8 Å². The van der Waals surface area contributed by atoms with Crippen LogP contribution in [0.5, 0.6) is 0 Å². The van der Waals surface area contributed by atoms with Gasteiger partial charge in [-0.1, -0.05) is 6.42 Å². The Hall–Kier alpha value is -0.910. The number of amides is 1. The maximum atomic E-state index is 12.5. The van der Waals surface area contributed by atoms with E-state index in [9.17, 15) is 4.79 Å². The molecule has 1 atom stereocenters. The van der Waals surface area contributed by atoms with E-state index in [2.05, 4.69) is 16.8 Å². The molecule has 2 aliphatic rings. The third-order valence-corrected chi connectivity index (χ3v) is 6.11. The highest BCUT2D eigenvalue weighted by Gasteiger charge is 2.27. The minimum absolute atomic E-state index is 0.224. The zero-order chi connectivity index (χ0) is 15.5. The van der Waals surface area contributed by atoms with Gasteiger partial charge in [0.25, 0.3) is 5.91 Å². The second kappa shape index (κ2) is 7.11. The smallest absolute Gasteiger partial charge is 0.264 e. The molecule has 1 aromatic heterocycles. The van der Waals surface area contributed by atoms with Gasteiger partial charge in [-0.15, -0.1) is 11.3 Å². The molecule has 1 aromatic rings. The molecule has 122 valence electrons. The first-order valence-corrected chi connectivity index (χ1v) is 9.29. The summed E-state index contributed by atoms with van der Waals surface area (Å²) < 4.78 is 0. The molecule has 2 saturated heterocycles. The van der Waals surface area contributed by atoms with Crippen molar-refractivity contribution in [2.45, 2.75) is 32.2 Å². The Labute approximate surface area is 137 Å². The van der Waals surface area contributed by atoms with Gasteiger partial charge in [0.2, 0.25) is 0 Å². The van der Waals surface area contributed by atoms with E-state index in [0.717, 1.165) is 43.2 Å². The van der Waals surface area contributed by atoms with Gasteiger partial charge < -0.3 is 9.80 Å². The molecule has 5 heteroatoms. The Morgan fingerprint density at radius 1 is 1.23 bits per heavy atom. The zero-order valence-corrected chi connectivity index (χ0v) is 14.6. The van der Waals surface area contributed by atoms with E-state index in [0.29, 0.717) is 6.04 Å². The fourth-order valence-corrected chi connectivity index (χ4v) is 4.43. The van der Waals surface area contributed by atoms with Gasteiger partial charge in [-0.25, -0.2) is 0 Å². The molecule has 2 aliphatic heterocycles. The van der Waals surface area contributed by atoms with E-state index < -0.39 is 0 Å². The molecule has 0 aliphatic carbocycles. The lowest BCUT2D eigenvalue weighted by atomic mass is 10.0. The normalized spacial score (nSPS) is 24.6. The van der Waals surface area contributed by atoms with Crippen LogP contribution in [0.25, 0.3) is 0 Å². The summed E-state index contributed by atoms with van der Waals surface area (Å²) in [5.74, 6) is 0.224. The number of aryl methyl sites for hydroxylation is 1. The van der Waals surface area contributed by atoms with E-state index >= 15 is 0 Å². The lowest BCUT2D eigenvalue weighted by molar-refractivity contribution is 0.0568. The Morgan fingerprint density at radius 2 is 2.00 bits per heavy atom. The summed E-state index contributed by atoms with van der Waals surface area (Å²) in [7, 11) is 2.25. The highest BCUT2D eigenvalue weighted by Crippen LogP contribution is 2.20. The third-order valence-electron chi connectivity index (χ3n) is 5.11. The number of likely N-dealkylation sites (tertiary alicyclic amines) is 1. The first-order chi connectivity index (χ1) is 10.6. The number of hydrogen-bond donors (Lipinski definition) is 0. The summed E-state index contributed by atoms with van der Waals surface area (Å²) in [6.07, 6.45) is 4.03. The maximum Gasteiger partial charge on any atom is 0.264 e. The standard InChI is InChI=1S/C17H27N3OS/c1-14-6-12-22-16(14)17(21)20-10-8-19(9-11-20)13-15-5-3-4-7-18(15)2/h6,12,15H,3-5,7-11,13H2,1-2H3. The number of rotatable bonds is 3. The van der Waals surface area contributed by atoms with Crippen molar-refractivity contribution in [1.29, 1.82) is 0 Å². The van der Waals surface area contributed by atoms with Gasteiger partial charge >= 0.3 is 0 Å². The van der Waals surface area contributed by atoms with Crippen LogP contribution in [-0.2, 0) is 0 Å². The highest BCUT2D eigenvalue weighted by molar-refractivity contribution is 7.12. The highest BCUT2D eigenvalue weighted by atomic mass is 32.1. The largest absolute Gasteiger partial charge is 0.335 e. The molecule has 4 nitrogen and oxygen atoms in total. The first kappa shape index (κ1) is 16.0. The van der Waals surface area contributed by atoms with Crippen molar-refractivity contribution in [2.75, 3.05) is 46.3 Å². The van der Waals surface area contributed by atoms with Gasteiger partial charge in [-0.05, 0) is 50.4 Å². The van der Waals surface area contributed by atoms with Crippen LogP contribution in [0.3, 0.4) is 0 Å². The van der Waals surface area contributed by atoms with Crippen LogP contribution in [0.1, 0.15) is 34.5 Å². The predicted octanol–water partition coefficient (Wildman–Crippen LogP) is 2.30. The van der Waals surface area contributed by atoms with Gasteiger partial charge in [0, 0.05) is 38.8 Å². The molecular formula is C17H27N3OS. The second-order valence-corrected chi connectivity index (χ2v) is 7.57. The lowest BCUT2D eigenvalue weighted by Gasteiger charge is -2.40. The summed E-state index contributed by atoms with van der Waals surface area (Å²) in [6.45, 7) is 8.19. The second-order valence-electron chi connectivity index (χ2n) is 6.66. The summed E-state index contributed by atoms with van der Waals surface area (Å²) in [5, 5.41) is 2.01. The molecule has 2 fully saturated rings. The molecule has 3 rings (SSSR count). The fourth-order valence-electron chi connectivity index (χ4n) is 3.54. The van der Waals surface area contributed by atoms with E-state index in [4.69, 9.17) is 0 Å². The molecule has 0 spiro atoms.